The van der Waals surface area contributed by atoms with Crippen LogP contribution < -0.4 is 9.47 Å². The molecule has 112 valence electrons. The van der Waals surface area contributed by atoms with E-state index in [0.717, 1.165) is 15.3 Å². The molecule has 1 heterocycles. The van der Waals surface area contributed by atoms with Gasteiger partial charge in [0.15, 0.2) is 23.9 Å². The predicted octanol–water partition coefficient (Wildman–Crippen LogP) is 3.86. The zero-order valence-corrected chi connectivity index (χ0v) is 13.1. The Hall–Kier alpha value is -2.58. The highest BCUT2D eigenvalue weighted by Crippen LogP contribution is 2.28. The molecule has 0 atom stereocenters. The standard InChI is InChI=1S/C17H15NO3S/c1-12-3-8-17(22-12)14(19)6-4-13-5-7-15(21-10-9-18)16(11-13)20-2/h3-8,11H,10H2,1-2H3/b6-4+. The number of ketones is 1. The molecule has 1 aromatic heterocycles. The lowest BCUT2D eigenvalue weighted by Gasteiger charge is -2.08. The van der Waals surface area contributed by atoms with Crippen LogP contribution in [0, 0.1) is 18.3 Å². The fourth-order valence-electron chi connectivity index (χ4n) is 1.84. The first-order valence-corrected chi connectivity index (χ1v) is 7.42. The molecule has 2 aromatic rings. The maximum absolute atomic E-state index is 12.0. The van der Waals surface area contributed by atoms with Crippen LogP contribution in [0.4, 0.5) is 0 Å². The van der Waals surface area contributed by atoms with Crippen molar-refractivity contribution in [2.24, 2.45) is 0 Å². The predicted molar refractivity (Wildman–Crippen MR) is 86.5 cm³/mol. The molecule has 22 heavy (non-hydrogen) atoms. The van der Waals surface area contributed by atoms with Crippen LogP contribution in [0.5, 0.6) is 11.5 Å². The van der Waals surface area contributed by atoms with E-state index in [1.54, 1.807) is 24.3 Å². The second-order valence-electron chi connectivity index (χ2n) is 4.46. The molecular weight excluding hydrogens is 298 g/mol. The average molecular weight is 313 g/mol. The third-order valence-corrected chi connectivity index (χ3v) is 3.91. The number of nitrogens with zero attached hydrogens (tertiary/aromatic N) is 1. The fourth-order valence-corrected chi connectivity index (χ4v) is 2.63. The number of allylic oxidation sites excluding steroid dienone is 1. The minimum Gasteiger partial charge on any atom is -0.493 e. The van der Waals surface area contributed by atoms with E-state index in [1.165, 1.54) is 24.5 Å². The van der Waals surface area contributed by atoms with E-state index < -0.39 is 0 Å². The molecule has 0 fully saturated rings. The topological polar surface area (TPSA) is 59.3 Å². The van der Waals surface area contributed by atoms with Crippen molar-refractivity contribution >= 4 is 23.2 Å². The number of carbonyl (C=O) groups excluding carboxylic acids is 1. The molecule has 4 nitrogen and oxygen atoms in total. The van der Waals surface area contributed by atoms with Gasteiger partial charge in [-0.25, -0.2) is 0 Å². The Balaban J connectivity index is 2.14. The quantitative estimate of drug-likeness (QED) is 0.600. The largest absolute Gasteiger partial charge is 0.493 e. The highest BCUT2D eigenvalue weighted by Gasteiger charge is 2.06. The van der Waals surface area contributed by atoms with E-state index in [4.69, 9.17) is 14.7 Å². The van der Waals surface area contributed by atoms with Crippen molar-refractivity contribution in [2.75, 3.05) is 13.7 Å². The average Bonchev–Trinajstić information content (AvgIpc) is 2.97. The van der Waals surface area contributed by atoms with Gasteiger partial charge in [0.25, 0.3) is 0 Å². The summed E-state index contributed by atoms with van der Waals surface area (Å²) in [6.45, 7) is 1.93. The number of nitriles is 1. The molecule has 0 unspecified atom stereocenters. The molecule has 0 aliphatic rings. The molecule has 0 aliphatic heterocycles. The van der Waals surface area contributed by atoms with Gasteiger partial charge in [0.1, 0.15) is 6.07 Å². The fraction of sp³-hybridized carbons (Fsp3) is 0.176. The van der Waals surface area contributed by atoms with Crippen LogP contribution >= 0.6 is 11.3 Å². The summed E-state index contributed by atoms with van der Waals surface area (Å²) in [7, 11) is 1.53. The summed E-state index contributed by atoms with van der Waals surface area (Å²) < 4.78 is 10.5. The molecule has 0 saturated heterocycles. The Morgan fingerprint density at radius 1 is 1.32 bits per heavy atom. The normalized spacial score (nSPS) is 10.4. The number of hydrogen-bond acceptors (Lipinski definition) is 5. The van der Waals surface area contributed by atoms with Gasteiger partial charge < -0.3 is 9.47 Å². The van der Waals surface area contributed by atoms with Crippen molar-refractivity contribution < 1.29 is 14.3 Å². The summed E-state index contributed by atoms with van der Waals surface area (Å²) in [6.07, 6.45) is 3.27. The molecule has 1 aromatic carbocycles. The second-order valence-corrected chi connectivity index (χ2v) is 5.75. The van der Waals surface area contributed by atoms with Gasteiger partial charge in [0.05, 0.1) is 12.0 Å². The summed E-state index contributed by atoms with van der Waals surface area (Å²) in [5.74, 6) is 1.00. The number of rotatable bonds is 6. The zero-order valence-electron chi connectivity index (χ0n) is 12.3. The summed E-state index contributed by atoms with van der Waals surface area (Å²) in [5.41, 5.74) is 0.822. The highest BCUT2D eigenvalue weighted by atomic mass is 32.1. The minimum atomic E-state index is -0.0399. The van der Waals surface area contributed by atoms with E-state index in [1.807, 2.05) is 25.1 Å². The van der Waals surface area contributed by atoms with E-state index >= 15 is 0 Å². The van der Waals surface area contributed by atoms with E-state index in [2.05, 4.69) is 0 Å². The Bertz CT molecular complexity index is 741. The Labute approximate surface area is 133 Å². The zero-order chi connectivity index (χ0) is 15.9. The van der Waals surface area contributed by atoms with Crippen molar-refractivity contribution in [3.8, 4) is 17.6 Å². The molecule has 2 rings (SSSR count). The highest BCUT2D eigenvalue weighted by molar-refractivity contribution is 7.14. The Morgan fingerprint density at radius 3 is 2.77 bits per heavy atom. The summed E-state index contributed by atoms with van der Waals surface area (Å²) >= 11 is 1.47. The lowest BCUT2D eigenvalue weighted by molar-refractivity contribution is 0.105. The van der Waals surface area contributed by atoms with E-state index in [0.29, 0.717) is 11.5 Å². The Kier molecular flexibility index (Phi) is 5.34. The minimum absolute atomic E-state index is 0.0260. The second kappa shape index (κ2) is 7.43. The lowest BCUT2D eigenvalue weighted by Crippen LogP contribution is -1.96. The van der Waals surface area contributed by atoms with Crippen LogP contribution in [-0.2, 0) is 0 Å². The monoisotopic (exact) mass is 313 g/mol. The van der Waals surface area contributed by atoms with E-state index in [-0.39, 0.29) is 12.4 Å². The molecule has 0 spiro atoms. The van der Waals surface area contributed by atoms with Crippen molar-refractivity contribution in [1.82, 2.24) is 0 Å². The summed E-state index contributed by atoms with van der Waals surface area (Å²) in [4.78, 5) is 13.9. The summed E-state index contributed by atoms with van der Waals surface area (Å²) in [5, 5.41) is 8.54. The van der Waals surface area contributed by atoms with Crippen LogP contribution in [-0.4, -0.2) is 19.5 Å². The molecular formula is C17H15NO3S. The van der Waals surface area contributed by atoms with Crippen LogP contribution in [0.2, 0.25) is 0 Å². The van der Waals surface area contributed by atoms with Crippen molar-refractivity contribution in [1.29, 1.82) is 5.26 Å². The number of carbonyl (C=O) groups is 1. The van der Waals surface area contributed by atoms with Crippen LogP contribution in [0.3, 0.4) is 0 Å². The lowest BCUT2D eigenvalue weighted by atomic mass is 10.1. The molecule has 5 heteroatoms. The third-order valence-electron chi connectivity index (χ3n) is 2.89. The maximum Gasteiger partial charge on any atom is 0.195 e. The number of thiophene rings is 1. The third kappa shape index (κ3) is 3.96. The molecule has 0 saturated carbocycles. The van der Waals surface area contributed by atoms with Gasteiger partial charge in [-0.1, -0.05) is 12.1 Å². The molecule has 0 bridgehead atoms. The van der Waals surface area contributed by atoms with Crippen LogP contribution in [0.25, 0.3) is 6.08 Å². The first-order chi connectivity index (χ1) is 10.6. The number of ether oxygens (including phenoxy) is 2. The molecule has 0 amide bonds. The number of aryl methyl sites for hydroxylation is 1. The van der Waals surface area contributed by atoms with Gasteiger partial charge in [0, 0.05) is 4.88 Å². The first kappa shape index (κ1) is 15.8. The number of methoxy groups -OCH3 is 1. The first-order valence-electron chi connectivity index (χ1n) is 6.60. The van der Waals surface area contributed by atoms with Gasteiger partial charge in [-0.15, -0.1) is 11.3 Å². The summed E-state index contributed by atoms with van der Waals surface area (Å²) in [6, 6.07) is 10.9. The number of hydrogen-bond donors (Lipinski definition) is 0. The van der Waals surface area contributed by atoms with Gasteiger partial charge in [-0.2, -0.15) is 5.26 Å². The van der Waals surface area contributed by atoms with Crippen LogP contribution in [0.15, 0.2) is 36.4 Å². The molecule has 0 aliphatic carbocycles. The van der Waals surface area contributed by atoms with Gasteiger partial charge >= 0.3 is 0 Å². The maximum atomic E-state index is 12.0. The van der Waals surface area contributed by atoms with Crippen molar-refractivity contribution in [3.05, 3.63) is 51.7 Å². The SMILES string of the molecule is COc1cc(/C=C/C(=O)c2ccc(C)s2)ccc1OCC#N. The van der Waals surface area contributed by atoms with Gasteiger partial charge in [-0.05, 0) is 42.8 Å². The van der Waals surface area contributed by atoms with Gasteiger partial charge in [-0.3, -0.25) is 4.79 Å². The van der Waals surface area contributed by atoms with Gasteiger partial charge in [0.2, 0.25) is 0 Å². The molecule has 0 radical (unpaired) electrons. The number of benzene rings is 1. The van der Waals surface area contributed by atoms with Crippen molar-refractivity contribution in [3.63, 3.8) is 0 Å². The Morgan fingerprint density at radius 2 is 2.14 bits per heavy atom. The van der Waals surface area contributed by atoms with Crippen molar-refractivity contribution in [2.45, 2.75) is 6.92 Å². The van der Waals surface area contributed by atoms with E-state index in [9.17, 15) is 4.79 Å². The smallest absolute Gasteiger partial charge is 0.195 e. The van der Waals surface area contributed by atoms with Crippen LogP contribution in [0.1, 0.15) is 20.1 Å². The molecule has 0 N–H and O–H groups in total.